The molecule has 0 aliphatic carbocycles. The van der Waals surface area contributed by atoms with E-state index in [1.807, 2.05) is 24.3 Å². The van der Waals surface area contributed by atoms with Crippen molar-refractivity contribution in [2.75, 3.05) is 26.7 Å². The maximum atomic E-state index is 13.3. The van der Waals surface area contributed by atoms with Gasteiger partial charge in [0.25, 0.3) is 0 Å². The van der Waals surface area contributed by atoms with E-state index in [9.17, 15) is 13.2 Å². The molecule has 0 saturated carbocycles. The normalized spacial score (nSPS) is 23.5. The van der Waals surface area contributed by atoms with Crippen molar-refractivity contribution in [3.8, 4) is 0 Å². The van der Waals surface area contributed by atoms with Crippen molar-refractivity contribution < 1.29 is 17.9 Å². The first-order valence-electron chi connectivity index (χ1n) is 14.1. The Morgan fingerprint density at radius 3 is 2.18 bits per heavy atom. The van der Waals surface area contributed by atoms with Crippen LogP contribution < -0.4 is 0 Å². The molecule has 0 amide bonds. The SMILES string of the molecule is CC(C)COC(=O)CC1CC2CCC(C1)N2CC[C@](C)(CN(C)S(=O)(=O)c1ccccc1)c1ccccc1. The molecule has 7 heteroatoms. The minimum Gasteiger partial charge on any atom is -0.465 e. The van der Waals surface area contributed by atoms with E-state index in [1.165, 1.54) is 17.1 Å². The standard InChI is InChI=1S/C31H44N2O4S/c1-24(2)22-37-30(34)21-25-19-27-15-16-28(20-25)33(27)18-17-31(3,26-11-7-5-8-12-26)23-32(4)38(35,36)29-13-9-6-10-14-29/h5-14,24-25,27-28H,15-23H2,1-4H3/t25?,27?,28?,31-/m1/s1. The van der Waals surface area contributed by atoms with Crippen molar-refractivity contribution in [1.29, 1.82) is 0 Å². The first-order valence-corrected chi connectivity index (χ1v) is 15.5. The number of carbonyl (C=O) groups is 1. The highest BCUT2D eigenvalue weighted by Gasteiger charge is 2.42. The molecule has 2 unspecified atom stereocenters. The lowest BCUT2D eigenvalue weighted by atomic mass is 9.78. The number of ether oxygens (including phenoxy) is 1. The van der Waals surface area contributed by atoms with Gasteiger partial charge in [0.05, 0.1) is 11.5 Å². The van der Waals surface area contributed by atoms with Gasteiger partial charge in [-0.3, -0.25) is 9.69 Å². The Bertz CT molecular complexity index is 1140. The van der Waals surface area contributed by atoms with Crippen molar-refractivity contribution in [3.05, 3.63) is 66.2 Å². The van der Waals surface area contributed by atoms with Gasteiger partial charge in [-0.2, -0.15) is 0 Å². The average molecular weight is 541 g/mol. The second-order valence-corrected chi connectivity index (χ2v) is 14.0. The number of rotatable bonds is 12. The third-order valence-electron chi connectivity index (χ3n) is 8.43. The first-order chi connectivity index (χ1) is 18.1. The molecule has 2 aromatic carbocycles. The van der Waals surface area contributed by atoms with Crippen molar-refractivity contribution >= 4 is 16.0 Å². The van der Waals surface area contributed by atoms with E-state index in [2.05, 4.69) is 37.8 Å². The molecule has 2 heterocycles. The van der Waals surface area contributed by atoms with Crippen LogP contribution in [0.3, 0.4) is 0 Å². The molecular formula is C31H44N2O4S. The quantitative estimate of drug-likeness (QED) is 0.333. The van der Waals surface area contributed by atoms with E-state index < -0.39 is 10.0 Å². The van der Waals surface area contributed by atoms with E-state index in [1.54, 1.807) is 31.3 Å². The third-order valence-corrected chi connectivity index (χ3v) is 10.2. The Hall–Kier alpha value is -2.22. The predicted octanol–water partition coefficient (Wildman–Crippen LogP) is 5.49. The summed E-state index contributed by atoms with van der Waals surface area (Å²) in [4.78, 5) is 15.3. The number of benzene rings is 2. The van der Waals surface area contributed by atoms with Gasteiger partial charge >= 0.3 is 5.97 Å². The van der Waals surface area contributed by atoms with Gasteiger partial charge < -0.3 is 4.74 Å². The summed E-state index contributed by atoms with van der Waals surface area (Å²) >= 11 is 0. The molecule has 0 radical (unpaired) electrons. The maximum absolute atomic E-state index is 13.3. The molecule has 2 aliphatic heterocycles. The van der Waals surface area contributed by atoms with Crippen LogP contribution in [0.1, 0.15) is 64.9 Å². The predicted molar refractivity (Wildman–Crippen MR) is 151 cm³/mol. The van der Waals surface area contributed by atoms with Crippen molar-refractivity contribution in [2.24, 2.45) is 11.8 Å². The van der Waals surface area contributed by atoms with Gasteiger partial charge in [0.2, 0.25) is 10.0 Å². The van der Waals surface area contributed by atoms with E-state index in [-0.39, 0.29) is 11.4 Å². The summed E-state index contributed by atoms with van der Waals surface area (Å²) in [5.74, 6) is 0.694. The van der Waals surface area contributed by atoms with Crippen LogP contribution in [0.5, 0.6) is 0 Å². The van der Waals surface area contributed by atoms with Gasteiger partial charge in [-0.15, -0.1) is 0 Å². The molecule has 0 aromatic heterocycles. The Morgan fingerprint density at radius 2 is 1.61 bits per heavy atom. The monoisotopic (exact) mass is 540 g/mol. The second kappa shape index (κ2) is 12.3. The molecule has 2 bridgehead atoms. The zero-order valence-corrected chi connectivity index (χ0v) is 24.2. The van der Waals surface area contributed by atoms with Gasteiger partial charge in [0, 0.05) is 37.5 Å². The van der Waals surface area contributed by atoms with Crippen LogP contribution in [0.25, 0.3) is 0 Å². The number of likely N-dealkylation sites (N-methyl/N-ethyl adjacent to an activating group) is 1. The van der Waals surface area contributed by atoms with Crippen LogP contribution in [0.2, 0.25) is 0 Å². The Balaban J connectivity index is 1.43. The molecule has 0 spiro atoms. The zero-order valence-electron chi connectivity index (χ0n) is 23.4. The number of nitrogens with zero attached hydrogens (tertiary/aromatic N) is 2. The Kier molecular flexibility index (Phi) is 9.32. The summed E-state index contributed by atoms with van der Waals surface area (Å²) in [7, 11) is -1.89. The summed E-state index contributed by atoms with van der Waals surface area (Å²) in [6, 6.07) is 20.0. The number of sulfonamides is 1. The molecule has 0 N–H and O–H groups in total. The molecule has 38 heavy (non-hydrogen) atoms. The van der Waals surface area contributed by atoms with Crippen LogP contribution in [-0.4, -0.2) is 62.4 Å². The van der Waals surface area contributed by atoms with Crippen LogP contribution in [0.4, 0.5) is 0 Å². The summed E-state index contributed by atoms with van der Waals surface area (Å²) in [6.07, 6.45) is 5.81. The topological polar surface area (TPSA) is 66.9 Å². The maximum Gasteiger partial charge on any atom is 0.306 e. The molecule has 3 atom stereocenters. The minimum atomic E-state index is -3.59. The highest BCUT2D eigenvalue weighted by molar-refractivity contribution is 7.89. The van der Waals surface area contributed by atoms with Crippen LogP contribution in [-0.2, 0) is 25.0 Å². The second-order valence-electron chi connectivity index (χ2n) is 12.0. The number of carbonyl (C=O) groups excluding carboxylic acids is 1. The molecule has 2 aliphatic rings. The summed E-state index contributed by atoms with van der Waals surface area (Å²) in [6.45, 7) is 8.13. The molecule has 2 saturated heterocycles. The molecule has 2 fully saturated rings. The molecule has 6 nitrogen and oxygen atoms in total. The smallest absolute Gasteiger partial charge is 0.306 e. The van der Waals surface area contributed by atoms with E-state index in [0.29, 0.717) is 48.4 Å². The average Bonchev–Trinajstić information content (AvgIpc) is 3.15. The lowest BCUT2D eigenvalue weighted by Crippen LogP contribution is -2.47. The van der Waals surface area contributed by atoms with Crippen LogP contribution in [0, 0.1) is 11.8 Å². The number of fused-ring (bicyclic) bond motifs is 2. The van der Waals surface area contributed by atoms with E-state index >= 15 is 0 Å². The Morgan fingerprint density at radius 1 is 1.03 bits per heavy atom. The summed E-state index contributed by atoms with van der Waals surface area (Å²) < 4.78 is 33.7. The van der Waals surface area contributed by atoms with Gasteiger partial charge in [0.15, 0.2) is 0 Å². The summed E-state index contributed by atoms with van der Waals surface area (Å²) in [5, 5.41) is 0. The first kappa shape index (κ1) is 28.8. The minimum absolute atomic E-state index is 0.0594. The fraction of sp³-hybridized carbons (Fsp3) is 0.581. The fourth-order valence-electron chi connectivity index (χ4n) is 6.35. The fourth-order valence-corrected chi connectivity index (χ4v) is 7.67. The van der Waals surface area contributed by atoms with Crippen molar-refractivity contribution in [3.63, 3.8) is 0 Å². The highest BCUT2D eigenvalue weighted by Crippen LogP contribution is 2.41. The molecule has 2 aromatic rings. The highest BCUT2D eigenvalue weighted by atomic mass is 32.2. The van der Waals surface area contributed by atoms with Crippen LogP contribution in [0.15, 0.2) is 65.6 Å². The summed E-state index contributed by atoms with van der Waals surface area (Å²) in [5.41, 5.74) is 0.819. The lowest BCUT2D eigenvalue weighted by Gasteiger charge is -2.41. The van der Waals surface area contributed by atoms with Gasteiger partial charge in [0.1, 0.15) is 0 Å². The number of hydrogen-bond donors (Lipinski definition) is 0. The molecule has 208 valence electrons. The number of piperidine rings is 1. The zero-order chi connectivity index (χ0) is 27.3. The largest absolute Gasteiger partial charge is 0.465 e. The lowest BCUT2D eigenvalue weighted by molar-refractivity contribution is -0.146. The van der Waals surface area contributed by atoms with Gasteiger partial charge in [-0.25, -0.2) is 12.7 Å². The third kappa shape index (κ3) is 6.85. The Labute approximate surface area is 229 Å². The van der Waals surface area contributed by atoms with E-state index in [0.717, 1.165) is 31.4 Å². The molecular weight excluding hydrogens is 496 g/mol. The number of esters is 1. The number of hydrogen-bond acceptors (Lipinski definition) is 5. The van der Waals surface area contributed by atoms with Crippen molar-refractivity contribution in [1.82, 2.24) is 9.21 Å². The molecule has 4 rings (SSSR count). The van der Waals surface area contributed by atoms with Crippen molar-refractivity contribution in [2.45, 2.75) is 81.7 Å². The van der Waals surface area contributed by atoms with E-state index in [4.69, 9.17) is 4.74 Å². The van der Waals surface area contributed by atoms with Crippen LogP contribution >= 0.6 is 0 Å². The van der Waals surface area contributed by atoms with Gasteiger partial charge in [-0.1, -0.05) is 69.3 Å². The van der Waals surface area contributed by atoms with Gasteiger partial charge in [-0.05, 0) is 68.2 Å².